The fraction of sp³-hybridized carbons (Fsp3) is 0.308. The molecule has 0 fully saturated rings. The first-order valence-electron chi connectivity index (χ1n) is 5.95. The Morgan fingerprint density at radius 2 is 2.00 bits per heavy atom. The number of aliphatic carboxylic acids is 1. The van der Waals surface area contributed by atoms with Gasteiger partial charge in [0.1, 0.15) is 0 Å². The van der Waals surface area contributed by atoms with E-state index in [9.17, 15) is 13.2 Å². The molecule has 0 atom stereocenters. The van der Waals surface area contributed by atoms with Gasteiger partial charge in [-0.15, -0.1) is 6.58 Å². The van der Waals surface area contributed by atoms with Gasteiger partial charge in [0.2, 0.25) is 10.0 Å². The predicted octanol–water partition coefficient (Wildman–Crippen LogP) is 1.51. The first-order chi connectivity index (χ1) is 9.45. The van der Waals surface area contributed by atoms with E-state index in [0.29, 0.717) is 17.9 Å². The Morgan fingerprint density at radius 1 is 1.35 bits per heavy atom. The summed E-state index contributed by atoms with van der Waals surface area (Å²) in [6, 6.07) is 5.85. The number of carboxylic acids is 1. The molecule has 2 N–H and O–H groups in total. The molecule has 0 aliphatic carbocycles. The normalized spacial score (nSPS) is 11.2. The van der Waals surface area contributed by atoms with Gasteiger partial charge in [0.15, 0.2) is 0 Å². The number of thioether (sulfide) groups is 1. The lowest BCUT2D eigenvalue weighted by atomic mass is 10.2. The van der Waals surface area contributed by atoms with Crippen LogP contribution in [0, 0.1) is 0 Å². The molecule has 0 aromatic heterocycles. The molecule has 0 amide bonds. The maximum atomic E-state index is 11.9. The summed E-state index contributed by atoms with van der Waals surface area (Å²) in [6.45, 7) is 3.93. The van der Waals surface area contributed by atoms with Crippen LogP contribution in [-0.2, 0) is 21.2 Å². The van der Waals surface area contributed by atoms with Crippen LogP contribution in [-0.4, -0.2) is 37.5 Å². The lowest BCUT2D eigenvalue weighted by Gasteiger charge is -2.07. The summed E-state index contributed by atoms with van der Waals surface area (Å²) in [5, 5.41) is 8.64. The maximum absolute atomic E-state index is 11.9. The average Bonchev–Trinajstić information content (AvgIpc) is 2.38. The van der Waals surface area contributed by atoms with Crippen molar-refractivity contribution in [1.29, 1.82) is 0 Å². The summed E-state index contributed by atoms with van der Waals surface area (Å²) < 4.78 is 26.4. The minimum absolute atomic E-state index is 0.119. The highest BCUT2D eigenvalue weighted by Crippen LogP contribution is 2.11. The van der Waals surface area contributed by atoms with Gasteiger partial charge in [-0.3, -0.25) is 4.79 Å². The van der Waals surface area contributed by atoms with E-state index in [-0.39, 0.29) is 11.3 Å². The SMILES string of the molecule is C=CCSCCNS(=O)(=O)c1ccc(CC(=O)O)cc1. The molecule has 1 rings (SSSR count). The number of hydrogen-bond acceptors (Lipinski definition) is 4. The predicted molar refractivity (Wildman–Crippen MR) is 80.5 cm³/mol. The van der Waals surface area contributed by atoms with E-state index in [1.807, 2.05) is 0 Å². The zero-order valence-electron chi connectivity index (χ0n) is 10.9. The molecule has 0 bridgehead atoms. The molecule has 0 aliphatic heterocycles. The van der Waals surface area contributed by atoms with Crippen LogP contribution < -0.4 is 4.72 Å². The molecule has 0 heterocycles. The summed E-state index contributed by atoms with van der Waals surface area (Å²) >= 11 is 1.59. The lowest BCUT2D eigenvalue weighted by Crippen LogP contribution is -2.26. The quantitative estimate of drug-likeness (QED) is 0.533. The van der Waals surface area contributed by atoms with Crippen molar-refractivity contribution in [1.82, 2.24) is 4.72 Å². The first-order valence-corrected chi connectivity index (χ1v) is 8.58. The fourth-order valence-electron chi connectivity index (χ4n) is 1.46. The van der Waals surface area contributed by atoms with Crippen LogP contribution in [0.25, 0.3) is 0 Å². The molecule has 20 heavy (non-hydrogen) atoms. The van der Waals surface area contributed by atoms with Gasteiger partial charge in [-0.05, 0) is 17.7 Å². The molecule has 1 aromatic rings. The number of carbonyl (C=O) groups is 1. The Kier molecular flexibility index (Phi) is 6.77. The van der Waals surface area contributed by atoms with Crippen molar-refractivity contribution >= 4 is 27.8 Å². The smallest absolute Gasteiger partial charge is 0.307 e. The third-order valence-corrected chi connectivity index (χ3v) is 4.80. The summed E-state index contributed by atoms with van der Waals surface area (Å²) in [7, 11) is -3.53. The molecule has 5 nitrogen and oxygen atoms in total. The second-order valence-corrected chi connectivity index (χ2v) is 6.89. The third-order valence-electron chi connectivity index (χ3n) is 2.36. The molecule has 0 spiro atoms. The Labute approximate surface area is 123 Å². The van der Waals surface area contributed by atoms with Crippen LogP contribution in [0.15, 0.2) is 41.8 Å². The van der Waals surface area contributed by atoms with E-state index in [1.165, 1.54) is 24.3 Å². The molecule has 0 saturated carbocycles. The van der Waals surface area contributed by atoms with Crippen molar-refractivity contribution < 1.29 is 18.3 Å². The van der Waals surface area contributed by atoms with Crippen molar-refractivity contribution in [2.24, 2.45) is 0 Å². The highest BCUT2D eigenvalue weighted by molar-refractivity contribution is 7.99. The minimum Gasteiger partial charge on any atom is -0.481 e. The van der Waals surface area contributed by atoms with E-state index < -0.39 is 16.0 Å². The van der Waals surface area contributed by atoms with Crippen LogP contribution in [0.1, 0.15) is 5.56 Å². The van der Waals surface area contributed by atoms with Crippen molar-refractivity contribution in [3.63, 3.8) is 0 Å². The summed E-state index contributed by atoms with van der Waals surface area (Å²) in [6.07, 6.45) is 1.65. The number of nitrogens with one attached hydrogen (secondary N) is 1. The summed E-state index contributed by atoms with van der Waals surface area (Å²) in [4.78, 5) is 10.7. The molecule has 0 radical (unpaired) electrons. The van der Waals surface area contributed by atoms with Crippen LogP contribution >= 0.6 is 11.8 Å². The zero-order valence-corrected chi connectivity index (χ0v) is 12.5. The van der Waals surface area contributed by atoms with Gasteiger partial charge in [0, 0.05) is 18.1 Å². The molecule has 7 heteroatoms. The standard InChI is InChI=1S/C13H17NO4S2/c1-2-8-19-9-7-14-20(17,18)12-5-3-11(4-6-12)10-13(15)16/h2-6,14H,1,7-10H2,(H,15,16). The Hall–Kier alpha value is -1.31. The summed E-state index contributed by atoms with van der Waals surface area (Å²) in [5.41, 5.74) is 0.568. The Morgan fingerprint density at radius 3 is 2.55 bits per heavy atom. The maximum Gasteiger partial charge on any atom is 0.307 e. The largest absolute Gasteiger partial charge is 0.481 e. The van der Waals surface area contributed by atoms with Crippen LogP contribution in [0.4, 0.5) is 0 Å². The third kappa shape index (κ3) is 5.77. The average molecular weight is 315 g/mol. The van der Waals surface area contributed by atoms with Gasteiger partial charge in [0.25, 0.3) is 0 Å². The van der Waals surface area contributed by atoms with E-state index in [2.05, 4.69) is 11.3 Å². The van der Waals surface area contributed by atoms with Gasteiger partial charge in [-0.1, -0.05) is 18.2 Å². The molecule has 0 unspecified atom stereocenters. The second kappa shape index (κ2) is 8.08. The topological polar surface area (TPSA) is 83.5 Å². The van der Waals surface area contributed by atoms with Crippen molar-refractivity contribution in [3.8, 4) is 0 Å². The number of hydrogen-bond donors (Lipinski definition) is 2. The van der Waals surface area contributed by atoms with E-state index >= 15 is 0 Å². The van der Waals surface area contributed by atoms with Crippen LogP contribution in [0.5, 0.6) is 0 Å². The fourth-order valence-corrected chi connectivity index (χ4v) is 3.20. The Bertz CT molecular complexity index is 552. The van der Waals surface area contributed by atoms with Crippen LogP contribution in [0.3, 0.4) is 0 Å². The number of carboxylic acid groups (broad SMARTS) is 1. The second-order valence-electron chi connectivity index (χ2n) is 3.98. The Balaban J connectivity index is 2.58. The van der Waals surface area contributed by atoms with E-state index in [0.717, 1.165) is 5.75 Å². The van der Waals surface area contributed by atoms with Crippen LogP contribution in [0.2, 0.25) is 0 Å². The van der Waals surface area contributed by atoms with Gasteiger partial charge < -0.3 is 5.11 Å². The number of sulfonamides is 1. The lowest BCUT2D eigenvalue weighted by molar-refractivity contribution is -0.136. The van der Waals surface area contributed by atoms with E-state index in [4.69, 9.17) is 5.11 Å². The molecule has 0 saturated heterocycles. The molecule has 0 aliphatic rings. The zero-order chi connectivity index (χ0) is 15.0. The molecular weight excluding hydrogens is 298 g/mol. The van der Waals surface area contributed by atoms with Crippen molar-refractivity contribution in [3.05, 3.63) is 42.5 Å². The summed E-state index contributed by atoms with van der Waals surface area (Å²) in [5.74, 6) is 0.506. The highest BCUT2D eigenvalue weighted by atomic mass is 32.2. The first kappa shape index (κ1) is 16.7. The molecular formula is C13H17NO4S2. The monoisotopic (exact) mass is 315 g/mol. The highest BCUT2D eigenvalue weighted by Gasteiger charge is 2.13. The molecule has 1 aromatic carbocycles. The minimum atomic E-state index is -3.53. The molecule has 110 valence electrons. The van der Waals surface area contributed by atoms with Gasteiger partial charge in [0.05, 0.1) is 11.3 Å². The van der Waals surface area contributed by atoms with Gasteiger partial charge >= 0.3 is 5.97 Å². The van der Waals surface area contributed by atoms with Gasteiger partial charge in [-0.25, -0.2) is 13.1 Å². The van der Waals surface area contributed by atoms with Crippen molar-refractivity contribution in [2.45, 2.75) is 11.3 Å². The number of benzene rings is 1. The number of rotatable bonds is 9. The van der Waals surface area contributed by atoms with Crippen molar-refractivity contribution in [2.75, 3.05) is 18.1 Å². The van der Waals surface area contributed by atoms with E-state index in [1.54, 1.807) is 17.8 Å². The van der Waals surface area contributed by atoms with Gasteiger partial charge in [-0.2, -0.15) is 11.8 Å².